The Hall–Kier alpha value is -0.870. The van der Waals surface area contributed by atoms with E-state index in [-0.39, 0.29) is 0 Å². The molecule has 5 heteroatoms. The monoisotopic (exact) mass is 227 g/mol. The van der Waals surface area contributed by atoms with Crippen molar-refractivity contribution in [1.82, 2.24) is 9.97 Å². The van der Waals surface area contributed by atoms with Crippen LogP contribution in [0.2, 0.25) is 5.15 Å². The average Bonchev–Trinajstić information content (AvgIpc) is 2.64. The third kappa shape index (κ3) is 2.38. The van der Waals surface area contributed by atoms with E-state index in [0.29, 0.717) is 17.1 Å². The smallest absolute Gasteiger partial charge is 0.134 e. The number of halogens is 1. The first-order chi connectivity index (χ1) is 7.19. The maximum Gasteiger partial charge on any atom is 0.134 e. The minimum absolute atomic E-state index is 0.305. The second kappa shape index (κ2) is 4.33. The van der Waals surface area contributed by atoms with Gasteiger partial charge in [0.05, 0.1) is 6.10 Å². The molecule has 0 spiro atoms. The Balaban J connectivity index is 2.16. The predicted molar refractivity (Wildman–Crippen MR) is 59.4 cm³/mol. The molecule has 4 nitrogen and oxygen atoms in total. The lowest BCUT2D eigenvalue weighted by molar-refractivity contribution is 0.121. The molecule has 2 rings (SSSR count). The summed E-state index contributed by atoms with van der Waals surface area (Å²) >= 11 is 5.89. The van der Waals surface area contributed by atoms with Crippen molar-refractivity contribution in [1.29, 1.82) is 0 Å². The van der Waals surface area contributed by atoms with Gasteiger partial charge in [-0.2, -0.15) is 0 Å². The lowest BCUT2D eigenvalue weighted by atomic mass is 10.3. The molecule has 0 amide bonds. The molecule has 1 aromatic heterocycles. The van der Waals surface area contributed by atoms with E-state index in [1.54, 1.807) is 13.2 Å². The zero-order chi connectivity index (χ0) is 10.8. The van der Waals surface area contributed by atoms with Crippen LogP contribution in [0, 0.1) is 6.92 Å². The molecular weight excluding hydrogens is 214 g/mol. The van der Waals surface area contributed by atoms with Gasteiger partial charge in [-0.05, 0) is 13.3 Å². The van der Waals surface area contributed by atoms with E-state index in [0.717, 1.165) is 25.3 Å². The predicted octanol–water partition coefficient (Wildman–Crippen LogP) is 1.66. The molecule has 0 saturated carbocycles. The molecule has 0 aromatic carbocycles. The van der Waals surface area contributed by atoms with Crippen LogP contribution in [0.25, 0.3) is 0 Å². The van der Waals surface area contributed by atoms with Crippen molar-refractivity contribution in [3.8, 4) is 0 Å². The lowest BCUT2D eigenvalue weighted by Gasteiger charge is -2.17. The van der Waals surface area contributed by atoms with E-state index in [1.807, 2.05) is 6.92 Å². The maximum atomic E-state index is 5.89. The summed E-state index contributed by atoms with van der Waals surface area (Å²) in [4.78, 5) is 10.6. The molecule has 1 fully saturated rings. The van der Waals surface area contributed by atoms with Crippen LogP contribution in [0.3, 0.4) is 0 Å². The number of aromatic nitrogens is 2. The van der Waals surface area contributed by atoms with Gasteiger partial charge >= 0.3 is 0 Å². The number of hydrogen-bond acceptors (Lipinski definition) is 4. The van der Waals surface area contributed by atoms with Crippen LogP contribution in [0.4, 0.5) is 5.82 Å². The number of nitrogens with zero attached hydrogens (tertiary/aromatic N) is 3. The quantitative estimate of drug-likeness (QED) is 0.721. The maximum absolute atomic E-state index is 5.89. The molecule has 1 aliphatic heterocycles. The van der Waals surface area contributed by atoms with Crippen LogP contribution in [-0.4, -0.2) is 36.3 Å². The van der Waals surface area contributed by atoms with Crippen molar-refractivity contribution in [2.75, 3.05) is 25.1 Å². The van der Waals surface area contributed by atoms with Crippen molar-refractivity contribution < 1.29 is 4.74 Å². The topological polar surface area (TPSA) is 38.2 Å². The second-order valence-corrected chi connectivity index (χ2v) is 4.08. The summed E-state index contributed by atoms with van der Waals surface area (Å²) in [6.45, 7) is 3.69. The summed E-state index contributed by atoms with van der Waals surface area (Å²) in [6, 6.07) is 1.80. The van der Waals surface area contributed by atoms with Crippen LogP contribution in [0.5, 0.6) is 0 Å². The van der Waals surface area contributed by atoms with Crippen molar-refractivity contribution >= 4 is 17.4 Å². The third-order valence-corrected chi connectivity index (χ3v) is 2.79. The van der Waals surface area contributed by atoms with E-state index in [4.69, 9.17) is 16.3 Å². The Labute approximate surface area is 94.2 Å². The van der Waals surface area contributed by atoms with Gasteiger partial charge in [0.1, 0.15) is 16.8 Å². The molecule has 1 aliphatic rings. The van der Waals surface area contributed by atoms with Crippen molar-refractivity contribution in [2.24, 2.45) is 0 Å². The van der Waals surface area contributed by atoms with Crippen LogP contribution >= 0.6 is 11.6 Å². The number of aryl methyl sites for hydroxylation is 1. The van der Waals surface area contributed by atoms with E-state index in [9.17, 15) is 0 Å². The van der Waals surface area contributed by atoms with Gasteiger partial charge in [0.15, 0.2) is 0 Å². The largest absolute Gasteiger partial charge is 0.380 e. The summed E-state index contributed by atoms with van der Waals surface area (Å²) < 4.78 is 5.31. The number of anilines is 1. The molecule has 82 valence electrons. The fourth-order valence-electron chi connectivity index (χ4n) is 1.81. The molecule has 15 heavy (non-hydrogen) atoms. The van der Waals surface area contributed by atoms with Gasteiger partial charge in [-0.1, -0.05) is 11.6 Å². The molecule has 2 heterocycles. The Morgan fingerprint density at radius 1 is 1.53 bits per heavy atom. The normalized spacial score (nSPS) is 21.0. The number of methoxy groups -OCH3 is 1. The van der Waals surface area contributed by atoms with Crippen molar-refractivity contribution in [2.45, 2.75) is 19.4 Å². The molecule has 1 atom stereocenters. The first kappa shape index (κ1) is 10.6. The molecule has 0 aliphatic carbocycles. The number of ether oxygens (including phenoxy) is 1. The molecule has 1 saturated heterocycles. The number of hydrogen-bond donors (Lipinski definition) is 0. The SMILES string of the molecule is COC1CCN(c2cc(Cl)nc(C)n2)C1. The van der Waals surface area contributed by atoms with Gasteiger partial charge in [-0.15, -0.1) is 0 Å². The minimum Gasteiger partial charge on any atom is -0.380 e. The van der Waals surface area contributed by atoms with Gasteiger partial charge in [-0.25, -0.2) is 9.97 Å². The Morgan fingerprint density at radius 3 is 2.93 bits per heavy atom. The van der Waals surface area contributed by atoms with E-state index < -0.39 is 0 Å². The van der Waals surface area contributed by atoms with Gasteiger partial charge < -0.3 is 9.64 Å². The second-order valence-electron chi connectivity index (χ2n) is 3.69. The van der Waals surface area contributed by atoms with Crippen molar-refractivity contribution in [3.05, 3.63) is 17.0 Å². The zero-order valence-electron chi connectivity index (χ0n) is 8.90. The lowest BCUT2D eigenvalue weighted by Crippen LogP contribution is -2.23. The van der Waals surface area contributed by atoms with Crippen LogP contribution in [0.15, 0.2) is 6.07 Å². The van der Waals surface area contributed by atoms with Gasteiger partial charge in [0.25, 0.3) is 0 Å². The molecule has 0 radical (unpaired) electrons. The molecule has 0 N–H and O–H groups in total. The summed E-state index contributed by atoms with van der Waals surface area (Å²) in [5, 5.41) is 0.498. The fraction of sp³-hybridized carbons (Fsp3) is 0.600. The van der Waals surface area contributed by atoms with Crippen molar-refractivity contribution in [3.63, 3.8) is 0 Å². The van der Waals surface area contributed by atoms with Crippen LogP contribution < -0.4 is 4.90 Å². The average molecular weight is 228 g/mol. The van der Waals surface area contributed by atoms with Crippen LogP contribution in [-0.2, 0) is 4.74 Å². The fourth-order valence-corrected chi connectivity index (χ4v) is 2.03. The van der Waals surface area contributed by atoms with Gasteiger partial charge in [0, 0.05) is 26.3 Å². The summed E-state index contributed by atoms with van der Waals surface area (Å²) in [5.41, 5.74) is 0. The van der Waals surface area contributed by atoms with Gasteiger partial charge in [0.2, 0.25) is 0 Å². The van der Waals surface area contributed by atoms with E-state index in [1.165, 1.54) is 0 Å². The minimum atomic E-state index is 0.305. The standard InChI is InChI=1S/C10H14ClN3O/c1-7-12-9(11)5-10(13-7)14-4-3-8(6-14)15-2/h5,8H,3-4,6H2,1-2H3. The van der Waals surface area contributed by atoms with E-state index in [2.05, 4.69) is 14.9 Å². The van der Waals surface area contributed by atoms with E-state index >= 15 is 0 Å². The summed E-state index contributed by atoms with van der Waals surface area (Å²) in [5.74, 6) is 1.60. The first-order valence-electron chi connectivity index (χ1n) is 4.98. The highest BCUT2D eigenvalue weighted by Gasteiger charge is 2.23. The van der Waals surface area contributed by atoms with Gasteiger partial charge in [-0.3, -0.25) is 0 Å². The Kier molecular flexibility index (Phi) is 3.07. The first-order valence-corrected chi connectivity index (χ1v) is 5.36. The number of rotatable bonds is 2. The Morgan fingerprint density at radius 2 is 2.33 bits per heavy atom. The summed E-state index contributed by atoms with van der Waals surface area (Å²) in [6.07, 6.45) is 1.34. The highest BCUT2D eigenvalue weighted by Crippen LogP contribution is 2.21. The summed E-state index contributed by atoms with van der Waals surface area (Å²) in [7, 11) is 1.74. The Bertz CT molecular complexity index is 338. The molecular formula is C10H14ClN3O. The zero-order valence-corrected chi connectivity index (χ0v) is 9.66. The highest BCUT2D eigenvalue weighted by atomic mass is 35.5. The third-order valence-electron chi connectivity index (χ3n) is 2.60. The van der Waals surface area contributed by atoms with Crippen LogP contribution in [0.1, 0.15) is 12.2 Å². The molecule has 0 bridgehead atoms. The highest BCUT2D eigenvalue weighted by molar-refractivity contribution is 6.29. The molecule has 1 aromatic rings. The molecule has 1 unspecified atom stereocenters.